The predicted molar refractivity (Wildman–Crippen MR) is 102 cm³/mol. The molecule has 2 N–H and O–H groups in total. The molecule has 0 aliphatic carbocycles. The highest BCUT2D eigenvalue weighted by atomic mass is 32.2. The van der Waals surface area contributed by atoms with E-state index >= 15 is 0 Å². The second-order valence-corrected chi connectivity index (χ2v) is 8.29. The van der Waals surface area contributed by atoms with Gasteiger partial charge in [-0.1, -0.05) is 35.9 Å². The Hall–Kier alpha value is -2.42. The number of carbonyl (C=O) groups excluding carboxylic acids is 1. The van der Waals surface area contributed by atoms with Gasteiger partial charge >= 0.3 is 0 Å². The van der Waals surface area contributed by atoms with Crippen LogP contribution >= 0.6 is 11.8 Å². The maximum Gasteiger partial charge on any atom is 0.257 e. The molecule has 0 bridgehead atoms. The topological polar surface area (TPSA) is 88.2 Å². The molecule has 0 fully saturated rings. The minimum atomic E-state index is -3.79. The van der Waals surface area contributed by atoms with Crippen molar-refractivity contribution in [3.63, 3.8) is 0 Å². The molecule has 8 heteroatoms. The van der Waals surface area contributed by atoms with E-state index in [-0.39, 0.29) is 10.6 Å². The Morgan fingerprint density at radius 1 is 1.08 bits per heavy atom. The number of aryl methyl sites for hydroxylation is 1. The van der Waals surface area contributed by atoms with Crippen LogP contribution in [0, 0.1) is 6.92 Å². The molecule has 0 saturated heterocycles. The van der Waals surface area contributed by atoms with Gasteiger partial charge in [-0.05, 0) is 31.2 Å². The lowest BCUT2D eigenvalue weighted by Crippen LogP contribution is -2.42. The third-order valence-corrected chi connectivity index (χ3v) is 5.92. The SMILES string of the molecule is Cc1ccc(S(=O)(=O)NNC(=O)CSc2cccc3cccnc23)cc1. The van der Waals surface area contributed by atoms with Crippen LogP contribution in [-0.2, 0) is 14.8 Å². The fourth-order valence-electron chi connectivity index (χ4n) is 2.27. The van der Waals surface area contributed by atoms with E-state index in [0.717, 1.165) is 21.4 Å². The van der Waals surface area contributed by atoms with Crippen LogP contribution in [0.5, 0.6) is 0 Å². The normalized spacial score (nSPS) is 11.4. The number of nitrogens with zero attached hydrogens (tertiary/aromatic N) is 1. The summed E-state index contributed by atoms with van der Waals surface area (Å²) in [6.07, 6.45) is 1.70. The largest absolute Gasteiger partial charge is 0.277 e. The second-order valence-electron chi connectivity index (χ2n) is 5.59. The molecule has 2 aromatic carbocycles. The summed E-state index contributed by atoms with van der Waals surface area (Å²) in [5.41, 5.74) is 4.00. The van der Waals surface area contributed by atoms with Gasteiger partial charge in [-0.2, -0.15) is 0 Å². The van der Waals surface area contributed by atoms with Gasteiger partial charge in [0.2, 0.25) is 5.91 Å². The smallest absolute Gasteiger partial charge is 0.257 e. The van der Waals surface area contributed by atoms with E-state index < -0.39 is 15.9 Å². The third kappa shape index (κ3) is 4.40. The van der Waals surface area contributed by atoms with Crippen molar-refractivity contribution in [2.45, 2.75) is 16.7 Å². The minimum absolute atomic E-state index is 0.0616. The van der Waals surface area contributed by atoms with Crippen LogP contribution in [0.1, 0.15) is 5.56 Å². The fourth-order valence-corrected chi connectivity index (χ4v) is 3.97. The Balaban J connectivity index is 1.60. The third-order valence-electron chi connectivity index (χ3n) is 3.61. The van der Waals surface area contributed by atoms with Gasteiger partial charge in [-0.25, -0.2) is 8.42 Å². The molecule has 1 aromatic heterocycles. The van der Waals surface area contributed by atoms with Crippen molar-refractivity contribution in [2.75, 3.05) is 5.75 Å². The zero-order valence-electron chi connectivity index (χ0n) is 14.0. The summed E-state index contributed by atoms with van der Waals surface area (Å²) in [5, 5.41) is 0.984. The van der Waals surface area contributed by atoms with Crippen molar-refractivity contribution in [3.8, 4) is 0 Å². The van der Waals surface area contributed by atoms with Crippen molar-refractivity contribution in [1.82, 2.24) is 15.2 Å². The molecule has 134 valence electrons. The molecule has 6 nitrogen and oxygen atoms in total. The second kappa shape index (κ2) is 7.86. The van der Waals surface area contributed by atoms with Crippen LogP contribution in [0.2, 0.25) is 0 Å². The molecule has 0 aliphatic rings. The molecule has 0 spiro atoms. The van der Waals surface area contributed by atoms with Crippen molar-refractivity contribution in [2.24, 2.45) is 0 Å². The van der Waals surface area contributed by atoms with E-state index in [1.165, 1.54) is 23.9 Å². The lowest BCUT2D eigenvalue weighted by atomic mass is 10.2. The molecule has 3 rings (SSSR count). The van der Waals surface area contributed by atoms with Crippen LogP contribution in [0.3, 0.4) is 0 Å². The number of pyridine rings is 1. The van der Waals surface area contributed by atoms with Crippen LogP contribution in [-0.4, -0.2) is 25.1 Å². The van der Waals surface area contributed by atoms with Crippen molar-refractivity contribution in [3.05, 3.63) is 66.4 Å². The summed E-state index contributed by atoms with van der Waals surface area (Å²) in [6, 6.07) is 15.9. The summed E-state index contributed by atoms with van der Waals surface area (Å²) >= 11 is 1.30. The number of thioether (sulfide) groups is 1. The number of aromatic nitrogens is 1. The monoisotopic (exact) mass is 387 g/mol. The van der Waals surface area contributed by atoms with Gasteiger partial charge in [-0.3, -0.25) is 15.2 Å². The predicted octanol–water partition coefficient (Wildman–Crippen LogP) is 2.65. The fraction of sp³-hybridized carbons (Fsp3) is 0.111. The average Bonchev–Trinajstić information content (AvgIpc) is 2.65. The lowest BCUT2D eigenvalue weighted by molar-refractivity contribution is -0.119. The molecule has 26 heavy (non-hydrogen) atoms. The standard InChI is InChI=1S/C18H17N3O3S2/c1-13-7-9-15(10-8-13)26(23,24)21-20-17(22)12-25-16-6-2-4-14-5-3-11-19-18(14)16/h2-11,21H,12H2,1H3,(H,20,22). The van der Waals surface area contributed by atoms with Crippen LogP contribution in [0.4, 0.5) is 0 Å². The number of sulfonamides is 1. The number of hydrazine groups is 1. The number of amides is 1. The van der Waals surface area contributed by atoms with Gasteiger partial charge < -0.3 is 0 Å². The quantitative estimate of drug-likeness (QED) is 0.501. The van der Waals surface area contributed by atoms with E-state index in [1.54, 1.807) is 18.3 Å². The van der Waals surface area contributed by atoms with Gasteiger partial charge in [-0.15, -0.1) is 16.6 Å². The molecule has 0 aliphatic heterocycles. The molecule has 1 amide bonds. The van der Waals surface area contributed by atoms with Crippen molar-refractivity contribution >= 4 is 38.6 Å². The van der Waals surface area contributed by atoms with Gasteiger partial charge in [0.15, 0.2) is 0 Å². The van der Waals surface area contributed by atoms with Gasteiger partial charge in [0, 0.05) is 16.5 Å². The zero-order valence-corrected chi connectivity index (χ0v) is 15.6. The summed E-state index contributed by atoms with van der Waals surface area (Å²) in [5.74, 6) is -0.384. The van der Waals surface area contributed by atoms with Crippen molar-refractivity contribution < 1.29 is 13.2 Å². The minimum Gasteiger partial charge on any atom is -0.277 e. The Kier molecular flexibility index (Phi) is 5.55. The molecule has 0 atom stereocenters. The lowest BCUT2D eigenvalue weighted by Gasteiger charge is -2.09. The average molecular weight is 387 g/mol. The number of hydrogen-bond donors (Lipinski definition) is 2. The molecular weight excluding hydrogens is 370 g/mol. The van der Waals surface area contributed by atoms with E-state index in [2.05, 4.69) is 15.2 Å². The number of benzene rings is 2. The number of rotatable bonds is 6. The first kappa shape index (κ1) is 18.4. The highest BCUT2D eigenvalue weighted by Gasteiger charge is 2.15. The highest BCUT2D eigenvalue weighted by molar-refractivity contribution is 8.00. The van der Waals surface area contributed by atoms with E-state index in [4.69, 9.17) is 0 Å². The first-order valence-corrected chi connectivity index (χ1v) is 10.3. The number of fused-ring (bicyclic) bond motifs is 1. The number of carbonyl (C=O) groups is 1. The Morgan fingerprint density at radius 3 is 2.58 bits per heavy atom. The summed E-state index contributed by atoms with van der Waals surface area (Å²) in [7, 11) is -3.79. The Morgan fingerprint density at radius 2 is 1.81 bits per heavy atom. The molecule has 0 saturated carbocycles. The highest BCUT2D eigenvalue weighted by Crippen LogP contribution is 2.25. The number of para-hydroxylation sites is 1. The maximum absolute atomic E-state index is 12.2. The maximum atomic E-state index is 12.2. The Labute approximate surface area is 156 Å². The van der Waals surface area contributed by atoms with Crippen LogP contribution in [0.15, 0.2) is 70.6 Å². The first-order valence-electron chi connectivity index (χ1n) is 7.79. The summed E-state index contributed by atoms with van der Waals surface area (Å²) in [6.45, 7) is 1.87. The van der Waals surface area contributed by atoms with Gasteiger partial charge in [0.05, 0.1) is 16.2 Å². The molecule has 1 heterocycles. The molecule has 0 radical (unpaired) electrons. The Bertz CT molecular complexity index is 1030. The number of hydrogen-bond acceptors (Lipinski definition) is 5. The first-order chi connectivity index (χ1) is 12.5. The number of nitrogens with one attached hydrogen (secondary N) is 2. The van der Waals surface area contributed by atoms with Crippen molar-refractivity contribution in [1.29, 1.82) is 0 Å². The van der Waals surface area contributed by atoms with Crippen LogP contribution < -0.4 is 10.3 Å². The van der Waals surface area contributed by atoms with E-state index in [1.807, 2.05) is 37.3 Å². The summed E-state index contributed by atoms with van der Waals surface area (Å²) < 4.78 is 24.3. The molecule has 0 unspecified atom stereocenters. The molecular formula is C18H17N3O3S2. The van der Waals surface area contributed by atoms with Gasteiger partial charge in [0.1, 0.15) is 0 Å². The zero-order chi connectivity index (χ0) is 18.6. The van der Waals surface area contributed by atoms with E-state index in [0.29, 0.717) is 0 Å². The van der Waals surface area contributed by atoms with Crippen LogP contribution in [0.25, 0.3) is 10.9 Å². The van der Waals surface area contributed by atoms with E-state index in [9.17, 15) is 13.2 Å². The summed E-state index contributed by atoms with van der Waals surface area (Å²) in [4.78, 5) is 19.4. The molecule has 3 aromatic rings. The van der Waals surface area contributed by atoms with Gasteiger partial charge in [0.25, 0.3) is 10.0 Å².